The van der Waals surface area contributed by atoms with E-state index < -0.39 is 18.8 Å². The summed E-state index contributed by atoms with van der Waals surface area (Å²) in [5, 5.41) is 0. The Bertz CT molecular complexity index is 1130. The van der Waals surface area contributed by atoms with E-state index in [0.29, 0.717) is 35.5 Å². The van der Waals surface area contributed by atoms with Crippen LogP contribution in [0.5, 0.6) is 0 Å². The van der Waals surface area contributed by atoms with Crippen LogP contribution in [0.15, 0.2) is 54.6 Å². The molecule has 2 heteroatoms. The first-order valence-corrected chi connectivity index (χ1v) is 21.7. The summed E-state index contributed by atoms with van der Waals surface area (Å²) in [5.74, 6) is 2.68. The number of rotatable bonds is 11. The third-order valence-corrected chi connectivity index (χ3v) is 21.2. The molecule has 0 amide bonds. The van der Waals surface area contributed by atoms with Gasteiger partial charge in [0.25, 0.3) is 0 Å². The fourth-order valence-corrected chi connectivity index (χ4v) is 21.4. The first-order valence-electron chi connectivity index (χ1n) is 15.7. The maximum atomic E-state index is 7.29. The summed E-state index contributed by atoms with van der Waals surface area (Å²) in [4.78, 5) is 0. The number of hydrogen-bond donors (Lipinski definition) is 0. The van der Waals surface area contributed by atoms with E-state index in [4.69, 9.17) is 3.07 Å². The molecule has 0 heterocycles. The van der Waals surface area contributed by atoms with Crippen molar-refractivity contribution < 1.29 is 3.07 Å². The Morgan fingerprint density at radius 2 is 0.825 bits per heavy atom. The summed E-state index contributed by atoms with van der Waals surface area (Å²) in [6.45, 7) is 28.4. The SMILES string of the molecule is C[O][Sn]([CH2]c1ccccc1)([c]1c(C(C)C)cc(C(C)C)cc1C(C)C)[c]1c(C(C)C)cc(C(C)C)cc1C(C)C. The van der Waals surface area contributed by atoms with E-state index in [0.717, 1.165) is 4.44 Å². The van der Waals surface area contributed by atoms with E-state index in [9.17, 15) is 0 Å². The van der Waals surface area contributed by atoms with Gasteiger partial charge in [-0.25, -0.2) is 0 Å². The van der Waals surface area contributed by atoms with Gasteiger partial charge in [0.15, 0.2) is 0 Å². The molecule has 40 heavy (non-hydrogen) atoms. The van der Waals surface area contributed by atoms with Gasteiger partial charge in [0, 0.05) is 0 Å². The van der Waals surface area contributed by atoms with Crippen LogP contribution < -0.4 is 7.16 Å². The average molecular weight is 648 g/mol. The molecule has 3 aromatic rings. The van der Waals surface area contributed by atoms with Crippen LogP contribution in [0, 0.1) is 0 Å². The van der Waals surface area contributed by atoms with Crippen LogP contribution >= 0.6 is 0 Å². The number of hydrogen-bond acceptors (Lipinski definition) is 1. The zero-order chi connectivity index (χ0) is 29.9. The van der Waals surface area contributed by atoms with Crippen molar-refractivity contribution in [3.63, 3.8) is 0 Å². The third kappa shape index (κ3) is 6.73. The average Bonchev–Trinajstić information content (AvgIpc) is 2.90. The van der Waals surface area contributed by atoms with Crippen LogP contribution in [0.3, 0.4) is 0 Å². The Hall–Kier alpha value is -1.58. The van der Waals surface area contributed by atoms with E-state index in [1.165, 1.54) is 38.9 Å². The molecule has 0 aliphatic heterocycles. The third-order valence-electron chi connectivity index (χ3n) is 8.72. The van der Waals surface area contributed by atoms with Crippen LogP contribution in [0.25, 0.3) is 0 Å². The predicted molar refractivity (Wildman–Crippen MR) is 180 cm³/mol. The van der Waals surface area contributed by atoms with Crippen molar-refractivity contribution >= 4 is 25.9 Å². The van der Waals surface area contributed by atoms with E-state index in [2.05, 4.69) is 138 Å². The van der Waals surface area contributed by atoms with Crippen molar-refractivity contribution in [3.8, 4) is 0 Å². The molecule has 3 aromatic carbocycles. The topological polar surface area (TPSA) is 9.23 Å². The fourth-order valence-electron chi connectivity index (χ4n) is 6.31. The summed E-state index contributed by atoms with van der Waals surface area (Å²) < 4.78 is 11.5. The standard InChI is InChI=1S/2C15H23.C7H7.CH3O.Sn/c2*1-10(2)13-7-14(11(3)4)9-15(8-13)12(5)6;1-7-5-3-2-4-6-7;1-2;/h2*7-8,10-12H,1-6H3;2-6H,1H2;1H3;/q;;;-1;+1. The Balaban J connectivity index is 2.66. The van der Waals surface area contributed by atoms with Gasteiger partial charge in [0.1, 0.15) is 0 Å². The molecule has 3 rings (SSSR count). The molecule has 0 radical (unpaired) electrons. The van der Waals surface area contributed by atoms with Crippen LogP contribution in [-0.2, 0) is 7.51 Å². The predicted octanol–water partition coefficient (Wildman–Crippen LogP) is 9.91. The van der Waals surface area contributed by atoms with Gasteiger partial charge >= 0.3 is 253 Å². The van der Waals surface area contributed by atoms with Crippen LogP contribution in [0.1, 0.15) is 158 Å². The first-order chi connectivity index (χ1) is 18.7. The van der Waals surface area contributed by atoms with Crippen molar-refractivity contribution in [2.45, 2.75) is 123 Å². The first kappa shape index (κ1) is 32.9. The zero-order valence-electron chi connectivity index (χ0n) is 27.8. The molecule has 0 aliphatic carbocycles. The van der Waals surface area contributed by atoms with Gasteiger partial charge in [-0.2, -0.15) is 0 Å². The summed E-state index contributed by atoms with van der Waals surface area (Å²) in [5.41, 5.74) is 10.4. The Kier molecular flexibility index (Phi) is 11.2. The van der Waals surface area contributed by atoms with Crippen LogP contribution in [0.2, 0.25) is 0 Å². The molecule has 0 N–H and O–H groups in total. The second-order valence-electron chi connectivity index (χ2n) is 13.8. The van der Waals surface area contributed by atoms with Gasteiger partial charge in [-0.3, -0.25) is 0 Å². The summed E-state index contributed by atoms with van der Waals surface area (Å²) in [7, 11) is 2.05. The van der Waals surface area contributed by atoms with Gasteiger partial charge < -0.3 is 0 Å². The van der Waals surface area contributed by atoms with Crippen LogP contribution in [0.4, 0.5) is 0 Å². The zero-order valence-corrected chi connectivity index (χ0v) is 30.6. The molecule has 0 saturated carbocycles. The monoisotopic (exact) mass is 648 g/mol. The molecule has 0 fully saturated rings. The second-order valence-corrected chi connectivity index (χ2v) is 23.5. The van der Waals surface area contributed by atoms with Gasteiger partial charge in [0.2, 0.25) is 0 Å². The van der Waals surface area contributed by atoms with E-state index in [-0.39, 0.29) is 0 Å². The summed E-state index contributed by atoms with van der Waals surface area (Å²) in [6, 6.07) is 21.3. The minimum absolute atomic E-state index is 0.424. The van der Waals surface area contributed by atoms with Gasteiger partial charge in [-0.15, -0.1) is 0 Å². The Labute approximate surface area is 251 Å². The van der Waals surface area contributed by atoms with Crippen molar-refractivity contribution in [1.82, 2.24) is 0 Å². The molecule has 0 unspecified atom stereocenters. The summed E-state index contributed by atoms with van der Waals surface area (Å²) >= 11 is -3.93. The normalized spacial score (nSPS) is 12.7. The van der Waals surface area contributed by atoms with E-state index in [1.807, 2.05) is 7.11 Å². The second kappa shape index (κ2) is 13.6. The van der Waals surface area contributed by atoms with E-state index in [1.54, 1.807) is 7.16 Å². The molecular weight excluding hydrogens is 591 g/mol. The quantitative estimate of drug-likeness (QED) is 0.188. The number of benzene rings is 3. The van der Waals surface area contributed by atoms with Crippen molar-refractivity contribution in [2.24, 2.45) is 0 Å². The molecule has 0 aliphatic rings. The summed E-state index contributed by atoms with van der Waals surface area (Å²) in [6.07, 6.45) is 0. The molecule has 0 atom stereocenters. The molecule has 0 bridgehead atoms. The molecule has 0 spiro atoms. The molecule has 1 nitrogen and oxygen atoms in total. The minimum atomic E-state index is -3.93. The van der Waals surface area contributed by atoms with Crippen molar-refractivity contribution in [1.29, 1.82) is 0 Å². The fraction of sp³-hybridized carbons (Fsp3) is 0.526. The molecule has 0 saturated heterocycles. The molecular formula is C38H56OSn. The van der Waals surface area contributed by atoms with E-state index >= 15 is 0 Å². The van der Waals surface area contributed by atoms with Gasteiger partial charge in [0.05, 0.1) is 0 Å². The Morgan fingerprint density at radius 1 is 0.500 bits per heavy atom. The van der Waals surface area contributed by atoms with Crippen molar-refractivity contribution in [3.05, 3.63) is 93.5 Å². The molecule has 218 valence electrons. The van der Waals surface area contributed by atoms with Gasteiger partial charge in [-0.05, 0) is 0 Å². The maximum absolute atomic E-state index is 7.29. The van der Waals surface area contributed by atoms with Gasteiger partial charge in [-0.1, -0.05) is 0 Å². The van der Waals surface area contributed by atoms with Crippen LogP contribution in [-0.4, -0.2) is 25.9 Å². The Morgan fingerprint density at radius 3 is 1.07 bits per heavy atom. The van der Waals surface area contributed by atoms with Crippen molar-refractivity contribution in [2.75, 3.05) is 7.11 Å². The molecule has 0 aromatic heterocycles.